The van der Waals surface area contributed by atoms with E-state index in [2.05, 4.69) is 10.3 Å². The van der Waals surface area contributed by atoms with E-state index in [0.29, 0.717) is 27.5 Å². The summed E-state index contributed by atoms with van der Waals surface area (Å²) in [4.78, 5) is 27.3. The highest BCUT2D eigenvalue weighted by molar-refractivity contribution is 6.44. The zero-order valence-electron chi connectivity index (χ0n) is 12.9. The van der Waals surface area contributed by atoms with Crippen molar-refractivity contribution in [1.29, 1.82) is 0 Å². The van der Waals surface area contributed by atoms with Gasteiger partial charge in [-0.1, -0.05) is 29.3 Å². The van der Waals surface area contributed by atoms with Gasteiger partial charge in [-0.2, -0.15) is 0 Å². The molecule has 1 heterocycles. The molecule has 0 radical (unpaired) electrons. The topological polar surface area (TPSA) is 71.2 Å². The normalized spacial score (nSPS) is 10.5. The quantitative estimate of drug-likeness (QED) is 0.800. The van der Waals surface area contributed by atoms with E-state index < -0.39 is 5.97 Å². The van der Waals surface area contributed by atoms with E-state index in [1.807, 2.05) is 0 Å². The molecule has 0 atom stereocenters. The van der Waals surface area contributed by atoms with Gasteiger partial charge in [-0.3, -0.25) is 4.79 Å². The summed E-state index contributed by atoms with van der Waals surface area (Å²) in [7, 11) is 0. The number of aryl methyl sites for hydroxylation is 1. The lowest BCUT2D eigenvalue weighted by Gasteiger charge is -2.09. The number of ether oxygens (including phenoxy) is 1. The third-order valence-corrected chi connectivity index (χ3v) is 4.16. The van der Waals surface area contributed by atoms with E-state index in [9.17, 15) is 9.59 Å². The summed E-state index contributed by atoms with van der Waals surface area (Å²) in [6.45, 7) is 5.38. The predicted molar refractivity (Wildman–Crippen MR) is 90.6 cm³/mol. The van der Waals surface area contributed by atoms with Crippen LogP contribution >= 0.6 is 23.2 Å². The first-order valence-electron chi connectivity index (χ1n) is 6.98. The van der Waals surface area contributed by atoms with Crippen LogP contribution in [0.25, 0.3) is 0 Å². The molecule has 0 aliphatic heterocycles. The number of aromatic nitrogens is 1. The molecule has 23 heavy (non-hydrogen) atoms. The van der Waals surface area contributed by atoms with Gasteiger partial charge in [0.05, 0.1) is 27.9 Å². The maximum absolute atomic E-state index is 12.5. The fraction of sp³-hybridized carbons (Fsp3) is 0.250. The number of rotatable bonds is 4. The highest BCUT2D eigenvalue weighted by Crippen LogP contribution is 2.30. The van der Waals surface area contributed by atoms with Crippen molar-refractivity contribution in [3.05, 3.63) is 50.8 Å². The van der Waals surface area contributed by atoms with Crippen LogP contribution in [0.3, 0.4) is 0 Å². The van der Waals surface area contributed by atoms with Gasteiger partial charge >= 0.3 is 5.97 Å². The van der Waals surface area contributed by atoms with Gasteiger partial charge in [0.1, 0.15) is 5.69 Å². The zero-order chi connectivity index (χ0) is 17.1. The molecule has 7 heteroatoms. The van der Waals surface area contributed by atoms with Crippen molar-refractivity contribution in [3.8, 4) is 0 Å². The number of benzene rings is 1. The number of carbonyl (C=O) groups is 2. The molecule has 1 amide bonds. The maximum Gasteiger partial charge on any atom is 0.355 e. The van der Waals surface area contributed by atoms with Gasteiger partial charge in [0.2, 0.25) is 0 Å². The summed E-state index contributed by atoms with van der Waals surface area (Å²) in [5, 5.41) is 3.32. The number of H-pyrrole nitrogens is 1. The molecule has 1 aromatic heterocycles. The van der Waals surface area contributed by atoms with Crippen LogP contribution in [0.4, 0.5) is 5.69 Å². The molecular formula is C16H16Cl2N2O3. The number of esters is 1. The SMILES string of the molecule is CCOC(=O)c1[nH]c(C)c(C(=O)Nc2cccc(Cl)c2Cl)c1C. The summed E-state index contributed by atoms with van der Waals surface area (Å²) in [5.74, 6) is -0.871. The summed E-state index contributed by atoms with van der Waals surface area (Å²) < 4.78 is 4.97. The van der Waals surface area contributed by atoms with Crippen LogP contribution < -0.4 is 5.32 Å². The number of amides is 1. The van der Waals surface area contributed by atoms with Gasteiger partial charge in [-0.15, -0.1) is 0 Å². The maximum atomic E-state index is 12.5. The molecule has 0 spiro atoms. The van der Waals surface area contributed by atoms with Crippen molar-refractivity contribution in [1.82, 2.24) is 4.98 Å². The standard InChI is InChI=1S/C16H16Cl2N2O3/c1-4-23-16(22)14-8(2)12(9(3)19-14)15(21)20-11-7-5-6-10(17)13(11)18/h5-7,19H,4H2,1-3H3,(H,20,21). The Bertz CT molecular complexity index is 769. The van der Waals surface area contributed by atoms with Crippen LogP contribution in [0.2, 0.25) is 10.0 Å². The fourth-order valence-electron chi connectivity index (χ4n) is 2.28. The van der Waals surface area contributed by atoms with E-state index >= 15 is 0 Å². The van der Waals surface area contributed by atoms with Gasteiger partial charge in [-0.25, -0.2) is 4.79 Å². The second-order valence-corrected chi connectivity index (χ2v) is 5.69. The average Bonchev–Trinajstić information content (AvgIpc) is 2.79. The van der Waals surface area contributed by atoms with Crippen molar-refractivity contribution < 1.29 is 14.3 Å². The van der Waals surface area contributed by atoms with Crippen molar-refractivity contribution >= 4 is 40.8 Å². The van der Waals surface area contributed by atoms with Crippen molar-refractivity contribution in [2.24, 2.45) is 0 Å². The molecule has 0 aliphatic rings. The Balaban J connectivity index is 2.33. The van der Waals surface area contributed by atoms with Crippen LogP contribution in [0.15, 0.2) is 18.2 Å². The van der Waals surface area contributed by atoms with E-state index in [0.717, 1.165) is 0 Å². The van der Waals surface area contributed by atoms with Crippen LogP contribution in [0.5, 0.6) is 0 Å². The Hall–Kier alpha value is -1.98. The van der Waals surface area contributed by atoms with Gasteiger partial charge < -0.3 is 15.0 Å². The molecule has 2 aromatic rings. The van der Waals surface area contributed by atoms with E-state index in [-0.39, 0.29) is 23.2 Å². The third-order valence-electron chi connectivity index (χ3n) is 3.34. The second kappa shape index (κ2) is 7.06. The van der Waals surface area contributed by atoms with Gasteiger partial charge in [0, 0.05) is 5.69 Å². The molecule has 0 saturated heterocycles. The minimum absolute atomic E-state index is 0.260. The Kier molecular flexibility index (Phi) is 5.34. The van der Waals surface area contributed by atoms with Gasteiger partial charge in [-0.05, 0) is 38.5 Å². The summed E-state index contributed by atoms with van der Waals surface area (Å²) in [5.41, 5.74) is 2.15. The Labute approximate surface area is 143 Å². The van der Waals surface area contributed by atoms with Crippen LogP contribution in [0, 0.1) is 13.8 Å². The first-order valence-corrected chi connectivity index (χ1v) is 7.74. The number of nitrogens with one attached hydrogen (secondary N) is 2. The molecule has 0 aliphatic carbocycles. The molecule has 2 rings (SSSR count). The van der Waals surface area contributed by atoms with Crippen LogP contribution in [0.1, 0.15) is 39.0 Å². The zero-order valence-corrected chi connectivity index (χ0v) is 14.4. The van der Waals surface area contributed by atoms with Gasteiger partial charge in [0.15, 0.2) is 0 Å². The highest BCUT2D eigenvalue weighted by Gasteiger charge is 2.23. The Morgan fingerprint density at radius 2 is 1.96 bits per heavy atom. The van der Waals surface area contributed by atoms with E-state index in [4.69, 9.17) is 27.9 Å². The van der Waals surface area contributed by atoms with E-state index in [1.165, 1.54) is 0 Å². The minimum Gasteiger partial charge on any atom is -0.461 e. The number of anilines is 1. The first kappa shape index (κ1) is 17.4. The van der Waals surface area contributed by atoms with E-state index in [1.54, 1.807) is 39.0 Å². The lowest BCUT2D eigenvalue weighted by molar-refractivity contribution is 0.0519. The smallest absolute Gasteiger partial charge is 0.355 e. The number of hydrogen-bond donors (Lipinski definition) is 2. The molecular weight excluding hydrogens is 339 g/mol. The Morgan fingerprint density at radius 1 is 1.26 bits per heavy atom. The van der Waals surface area contributed by atoms with Gasteiger partial charge in [0.25, 0.3) is 5.91 Å². The number of carbonyl (C=O) groups excluding carboxylic acids is 2. The summed E-state index contributed by atoms with van der Waals surface area (Å²) in [6, 6.07) is 4.96. The molecule has 0 saturated carbocycles. The van der Waals surface area contributed by atoms with Crippen LogP contribution in [-0.4, -0.2) is 23.5 Å². The third kappa shape index (κ3) is 3.51. The first-order chi connectivity index (χ1) is 10.9. The monoisotopic (exact) mass is 354 g/mol. The molecule has 2 N–H and O–H groups in total. The molecule has 1 aromatic carbocycles. The van der Waals surface area contributed by atoms with Crippen molar-refractivity contribution in [2.45, 2.75) is 20.8 Å². The number of halogens is 2. The second-order valence-electron chi connectivity index (χ2n) is 4.90. The molecule has 5 nitrogen and oxygen atoms in total. The largest absolute Gasteiger partial charge is 0.461 e. The highest BCUT2D eigenvalue weighted by atomic mass is 35.5. The Morgan fingerprint density at radius 3 is 2.61 bits per heavy atom. The molecule has 122 valence electrons. The van der Waals surface area contributed by atoms with Crippen molar-refractivity contribution in [3.63, 3.8) is 0 Å². The molecule has 0 unspecified atom stereocenters. The molecule has 0 bridgehead atoms. The molecule has 0 fully saturated rings. The van der Waals surface area contributed by atoms with Crippen LogP contribution in [-0.2, 0) is 4.74 Å². The lowest BCUT2D eigenvalue weighted by Crippen LogP contribution is -2.14. The predicted octanol–water partition coefficient (Wildman–Crippen LogP) is 4.37. The van der Waals surface area contributed by atoms with Crippen molar-refractivity contribution in [2.75, 3.05) is 11.9 Å². The lowest BCUT2D eigenvalue weighted by atomic mass is 10.1. The number of aromatic amines is 1. The summed E-state index contributed by atoms with van der Waals surface area (Å²) in [6.07, 6.45) is 0. The minimum atomic E-state index is -0.493. The average molecular weight is 355 g/mol. The fourth-order valence-corrected chi connectivity index (χ4v) is 2.63. The summed E-state index contributed by atoms with van der Waals surface area (Å²) >= 11 is 12.0. The number of hydrogen-bond acceptors (Lipinski definition) is 3.